The molecule has 3 N–H and O–H groups in total. The first kappa shape index (κ1) is 17.8. The molecule has 5 heteroatoms. The Morgan fingerprint density at radius 3 is 2.67 bits per heavy atom. The smallest absolute Gasteiger partial charge is 0.315 e. The first-order valence-electron chi connectivity index (χ1n) is 8.05. The molecular weight excluding hydrogens is 268 g/mol. The Hall–Kier alpha value is -1.26. The average Bonchev–Trinajstić information content (AvgIpc) is 2.35. The number of carbonyl (C=O) groups excluding carboxylic acids is 1. The zero-order valence-electron chi connectivity index (χ0n) is 13.6. The van der Waals surface area contributed by atoms with Gasteiger partial charge < -0.3 is 15.7 Å². The van der Waals surface area contributed by atoms with E-state index < -0.39 is 5.97 Å². The minimum absolute atomic E-state index is 0.0943. The predicted octanol–water partition coefficient (Wildman–Crippen LogP) is 3.15. The van der Waals surface area contributed by atoms with E-state index in [1.165, 1.54) is 12.8 Å². The van der Waals surface area contributed by atoms with Crippen molar-refractivity contribution in [3.8, 4) is 0 Å². The van der Waals surface area contributed by atoms with E-state index in [0.29, 0.717) is 24.3 Å². The lowest BCUT2D eigenvalue weighted by Gasteiger charge is -2.35. The summed E-state index contributed by atoms with van der Waals surface area (Å²) in [6.07, 6.45) is 6.18. The van der Waals surface area contributed by atoms with E-state index in [-0.39, 0.29) is 18.5 Å². The van der Waals surface area contributed by atoms with Crippen LogP contribution < -0.4 is 10.6 Å². The van der Waals surface area contributed by atoms with Gasteiger partial charge in [0.15, 0.2) is 0 Å². The summed E-state index contributed by atoms with van der Waals surface area (Å²) in [6, 6.07) is 0.182. The molecule has 21 heavy (non-hydrogen) atoms. The molecule has 2 atom stereocenters. The molecule has 1 fully saturated rings. The third-order valence-corrected chi connectivity index (χ3v) is 4.31. The third-order valence-electron chi connectivity index (χ3n) is 4.31. The Morgan fingerprint density at radius 1 is 1.33 bits per heavy atom. The molecule has 122 valence electrons. The van der Waals surface area contributed by atoms with E-state index in [4.69, 9.17) is 5.11 Å². The molecule has 0 spiro atoms. The lowest BCUT2D eigenvalue weighted by atomic mass is 9.75. The van der Waals surface area contributed by atoms with E-state index in [0.717, 1.165) is 19.3 Å². The second-order valence-electron chi connectivity index (χ2n) is 7.18. The number of nitrogens with one attached hydrogen (secondary N) is 2. The highest BCUT2D eigenvalue weighted by Crippen LogP contribution is 2.34. The Balaban J connectivity index is 2.15. The number of carboxylic acid groups (broad SMARTS) is 1. The van der Waals surface area contributed by atoms with E-state index in [9.17, 15) is 9.59 Å². The van der Waals surface area contributed by atoms with Gasteiger partial charge in [0.05, 0.1) is 0 Å². The van der Waals surface area contributed by atoms with Crippen LogP contribution in [-0.4, -0.2) is 29.7 Å². The number of carbonyl (C=O) groups is 2. The predicted molar refractivity (Wildman–Crippen MR) is 83.2 cm³/mol. The van der Waals surface area contributed by atoms with Crippen LogP contribution in [-0.2, 0) is 4.79 Å². The highest BCUT2D eigenvalue weighted by molar-refractivity contribution is 5.74. The van der Waals surface area contributed by atoms with Crippen molar-refractivity contribution in [3.05, 3.63) is 0 Å². The monoisotopic (exact) mass is 298 g/mol. The molecule has 0 aliphatic heterocycles. The van der Waals surface area contributed by atoms with Crippen molar-refractivity contribution in [1.82, 2.24) is 10.6 Å². The summed E-state index contributed by atoms with van der Waals surface area (Å²) in [6.45, 7) is 7.13. The molecule has 0 radical (unpaired) electrons. The minimum Gasteiger partial charge on any atom is -0.481 e. The zero-order chi connectivity index (χ0) is 15.9. The van der Waals surface area contributed by atoms with Crippen molar-refractivity contribution in [3.63, 3.8) is 0 Å². The van der Waals surface area contributed by atoms with Crippen molar-refractivity contribution in [1.29, 1.82) is 0 Å². The fourth-order valence-corrected chi connectivity index (χ4v) is 3.00. The van der Waals surface area contributed by atoms with Gasteiger partial charge in [-0.2, -0.15) is 0 Å². The van der Waals surface area contributed by atoms with E-state index in [1.54, 1.807) is 0 Å². The van der Waals surface area contributed by atoms with Gasteiger partial charge >= 0.3 is 12.0 Å². The molecule has 1 rings (SSSR count). The van der Waals surface area contributed by atoms with Gasteiger partial charge in [-0.25, -0.2) is 4.79 Å². The summed E-state index contributed by atoms with van der Waals surface area (Å²) in [4.78, 5) is 22.3. The van der Waals surface area contributed by atoms with Crippen molar-refractivity contribution in [2.24, 2.45) is 11.3 Å². The van der Waals surface area contributed by atoms with Gasteiger partial charge in [0, 0.05) is 19.0 Å². The molecule has 0 saturated heterocycles. The highest BCUT2D eigenvalue weighted by atomic mass is 16.4. The maximum Gasteiger partial charge on any atom is 0.315 e. The highest BCUT2D eigenvalue weighted by Gasteiger charge is 2.28. The summed E-state index contributed by atoms with van der Waals surface area (Å²) < 4.78 is 0. The molecule has 0 bridgehead atoms. The first-order valence-corrected chi connectivity index (χ1v) is 8.05. The van der Waals surface area contributed by atoms with E-state index >= 15 is 0 Å². The van der Waals surface area contributed by atoms with Crippen LogP contribution >= 0.6 is 0 Å². The SMILES string of the molecule is CC(CCNC(=O)NC1CCCC(C)(C)C1)CCC(=O)O. The van der Waals surface area contributed by atoms with Crippen LogP contribution in [0.25, 0.3) is 0 Å². The number of carboxylic acids is 1. The molecular formula is C16H30N2O3. The van der Waals surface area contributed by atoms with Gasteiger partial charge in [0.25, 0.3) is 0 Å². The molecule has 2 unspecified atom stereocenters. The summed E-state index contributed by atoms with van der Waals surface area (Å²) in [5.41, 5.74) is 0.321. The number of urea groups is 1. The van der Waals surface area contributed by atoms with Gasteiger partial charge in [-0.15, -0.1) is 0 Å². The maximum absolute atomic E-state index is 11.9. The normalized spacial score (nSPS) is 22.3. The van der Waals surface area contributed by atoms with Crippen molar-refractivity contribution >= 4 is 12.0 Å². The molecule has 2 amide bonds. The molecule has 0 aromatic rings. The van der Waals surface area contributed by atoms with Crippen molar-refractivity contribution < 1.29 is 14.7 Å². The summed E-state index contributed by atoms with van der Waals surface area (Å²) >= 11 is 0. The fourth-order valence-electron chi connectivity index (χ4n) is 3.00. The topological polar surface area (TPSA) is 78.4 Å². The third kappa shape index (κ3) is 7.93. The van der Waals surface area contributed by atoms with Gasteiger partial charge in [-0.05, 0) is 43.4 Å². The standard InChI is InChI=1S/C16H30N2O3/c1-12(6-7-14(19)20)8-10-17-15(21)18-13-5-4-9-16(2,3)11-13/h12-13H,4-11H2,1-3H3,(H,19,20)(H2,17,18,21). The minimum atomic E-state index is -0.757. The molecule has 1 aliphatic rings. The van der Waals surface area contributed by atoms with Gasteiger partial charge in [-0.3, -0.25) is 4.79 Å². The summed E-state index contributed by atoms with van der Waals surface area (Å²) in [5, 5.41) is 14.6. The first-order chi connectivity index (χ1) is 9.78. The molecule has 0 heterocycles. The van der Waals surface area contributed by atoms with E-state index in [2.05, 4.69) is 24.5 Å². The van der Waals surface area contributed by atoms with Crippen LogP contribution in [0.1, 0.15) is 65.7 Å². The van der Waals surface area contributed by atoms with Crippen LogP contribution in [0.3, 0.4) is 0 Å². The quantitative estimate of drug-likeness (QED) is 0.675. The lowest BCUT2D eigenvalue weighted by Crippen LogP contribution is -2.45. The van der Waals surface area contributed by atoms with Crippen LogP contribution in [0, 0.1) is 11.3 Å². The number of aliphatic carboxylic acids is 1. The molecule has 1 aliphatic carbocycles. The van der Waals surface area contributed by atoms with E-state index in [1.807, 2.05) is 6.92 Å². The van der Waals surface area contributed by atoms with Crippen LogP contribution in [0.4, 0.5) is 4.79 Å². The number of hydrogen-bond donors (Lipinski definition) is 3. The maximum atomic E-state index is 11.9. The summed E-state index contributed by atoms with van der Waals surface area (Å²) in [7, 11) is 0. The fraction of sp³-hybridized carbons (Fsp3) is 0.875. The molecule has 0 aromatic carbocycles. The Kier molecular flexibility index (Phi) is 6.99. The largest absolute Gasteiger partial charge is 0.481 e. The van der Waals surface area contributed by atoms with Gasteiger partial charge in [-0.1, -0.05) is 27.2 Å². The number of hydrogen-bond acceptors (Lipinski definition) is 2. The zero-order valence-corrected chi connectivity index (χ0v) is 13.6. The Labute approximate surface area is 127 Å². The van der Waals surface area contributed by atoms with Crippen molar-refractivity contribution in [2.45, 2.75) is 71.8 Å². The van der Waals surface area contributed by atoms with Crippen LogP contribution in [0.15, 0.2) is 0 Å². The summed E-state index contributed by atoms with van der Waals surface area (Å²) in [5.74, 6) is -0.442. The molecule has 0 aromatic heterocycles. The van der Waals surface area contributed by atoms with Crippen LogP contribution in [0.2, 0.25) is 0 Å². The number of rotatable bonds is 7. The lowest BCUT2D eigenvalue weighted by molar-refractivity contribution is -0.137. The van der Waals surface area contributed by atoms with Crippen LogP contribution in [0.5, 0.6) is 0 Å². The Morgan fingerprint density at radius 2 is 2.05 bits per heavy atom. The Bertz CT molecular complexity index is 355. The molecule has 5 nitrogen and oxygen atoms in total. The molecule has 1 saturated carbocycles. The number of amides is 2. The second kappa shape index (κ2) is 8.25. The van der Waals surface area contributed by atoms with Crippen molar-refractivity contribution in [2.75, 3.05) is 6.54 Å². The average molecular weight is 298 g/mol. The van der Waals surface area contributed by atoms with Gasteiger partial charge in [0.2, 0.25) is 0 Å². The van der Waals surface area contributed by atoms with Gasteiger partial charge in [0.1, 0.15) is 0 Å². The second-order valence-corrected chi connectivity index (χ2v) is 7.18.